The Morgan fingerprint density at radius 2 is 1.61 bits per heavy atom. The normalized spacial score (nSPS) is 17.0. The first-order valence-electron chi connectivity index (χ1n) is 12.2. The molecule has 2 aromatic carbocycles. The van der Waals surface area contributed by atoms with Gasteiger partial charge in [0.05, 0.1) is 5.71 Å². The fourth-order valence-corrected chi connectivity index (χ4v) is 4.47. The van der Waals surface area contributed by atoms with E-state index in [9.17, 15) is 40.7 Å². The number of carbonyl (C=O) groups is 3. The molecule has 0 fully saturated rings. The van der Waals surface area contributed by atoms with Gasteiger partial charge in [0, 0.05) is 64.4 Å². The minimum Gasteiger partial charge on any atom is -0.369 e. The van der Waals surface area contributed by atoms with Crippen molar-refractivity contribution in [1.29, 1.82) is 0 Å². The topological polar surface area (TPSA) is 105 Å². The number of alkyl halides is 6. The number of hydrogen-bond donors (Lipinski definition) is 2. The van der Waals surface area contributed by atoms with Gasteiger partial charge in [0.25, 0.3) is 5.91 Å². The number of nitrogens with two attached hydrogens (primary N) is 1. The predicted octanol–water partition coefficient (Wildman–Crippen LogP) is 4.45. The van der Waals surface area contributed by atoms with E-state index in [1.807, 2.05) is 0 Å². The summed E-state index contributed by atoms with van der Waals surface area (Å²) < 4.78 is 77.8. The molecule has 41 heavy (non-hydrogen) atoms. The van der Waals surface area contributed by atoms with Gasteiger partial charge in [-0.3, -0.25) is 19.4 Å². The zero-order chi connectivity index (χ0) is 29.8. The van der Waals surface area contributed by atoms with E-state index in [4.69, 9.17) is 5.73 Å². The van der Waals surface area contributed by atoms with Gasteiger partial charge in [0.2, 0.25) is 18.0 Å². The number of halogens is 6. The molecule has 0 bridgehead atoms. The van der Waals surface area contributed by atoms with E-state index < -0.39 is 73.8 Å². The molecular formula is C27H27F6N4O3Y-. The van der Waals surface area contributed by atoms with Crippen LogP contribution in [0.15, 0.2) is 47.5 Å². The molecular weight excluding hydrogens is 631 g/mol. The summed E-state index contributed by atoms with van der Waals surface area (Å²) in [6.45, 7) is 1.77. The van der Waals surface area contributed by atoms with E-state index in [1.54, 1.807) is 49.4 Å². The largest absolute Gasteiger partial charge is 0.389 e. The van der Waals surface area contributed by atoms with Crippen molar-refractivity contribution >= 4 is 29.1 Å². The van der Waals surface area contributed by atoms with Crippen LogP contribution in [0.5, 0.6) is 0 Å². The van der Waals surface area contributed by atoms with Crippen LogP contribution in [0.1, 0.15) is 42.4 Å². The van der Waals surface area contributed by atoms with Gasteiger partial charge in [-0.05, 0) is 18.4 Å². The average molecular weight is 658 g/mol. The van der Waals surface area contributed by atoms with Crippen LogP contribution in [-0.4, -0.2) is 49.0 Å². The van der Waals surface area contributed by atoms with Crippen LogP contribution in [0.25, 0.3) is 0 Å². The van der Waals surface area contributed by atoms with Gasteiger partial charge in [0.15, 0.2) is 0 Å². The Balaban J connectivity index is 0.00000588. The molecule has 0 aliphatic carbocycles. The molecule has 0 aromatic heterocycles. The monoisotopic (exact) mass is 658 g/mol. The fourth-order valence-electron chi connectivity index (χ4n) is 4.47. The zero-order valence-electron chi connectivity index (χ0n) is 22.1. The van der Waals surface area contributed by atoms with E-state index in [-0.39, 0.29) is 38.4 Å². The van der Waals surface area contributed by atoms with E-state index in [1.165, 1.54) is 11.9 Å². The molecule has 3 amide bonds. The Hall–Kier alpha value is -2.80. The minimum absolute atomic E-state index is 0. The molecule has 3 atom stereocenters. The molecule has 1 heterocycles. The van der Waals surface area contributed by atoms with Gasteiger partial charge < -0.3 is 16.0 Å². The fraction of sp³-hybridized carbons (Fsp3) is 0.407. The van der Waals surface area contributed by atoms with Crippen LogP contribution in [0, 0.1) is 24.8 Å². The van der Waals surface area contributed by atoms with Crippen molar-refractivity contribution in [3.8, 4) is 0 Å². The first-order valence-corrected chi connectivity index (χ1v) is 12.2. The average Bonchev–Trinajstić information content (AvgIpc) is 2.95. The summed E-state index contributed by atoms with van der Waals surface area (Å²) >= 11 is 0. The smallest absolute Gasteiger partial charge is 0.369 e. The van der Waals surface area contributed by atoms with E-state index >= 15 is 0 Å². The first kappa shape index (κ1) is 34.4. The maximum atomic E-state index is 13.4. The minimum atomic E-state index is -4.77. The summed E-state index contributed by atoms with van der Waals surface area (Å²) in [5.41, 5.74) is 7.72. The molecule has 1 aliphatic rings. The maximum absolute atomic E-state index is 13.4. The second-order valence-corrected chi connectivity index (χ2v) is 9.49. The summed E-state index contributed by atoms with van der Waals surface area (Å²) in [4.78, 5) is 44.4. The van der Waals surface area contributed by atoms with Crippen LogP contribution < -0.4 is 16.0 Å². The zero-order valence-corrected chi connectivity index (χ0v) is 25.0. The molecule has 2 aromatic rings. The third-order valence-electron chi connectivity index (χ3n) is 6.50. The number of nitrogens with zero attached hydrogens (tertiary/aromatic N) is 2. The third-order valence-corrected chi connectivity index (χ3v) is 6.50. The van der Waals surface area contributed by atoms with E-state index in [0.29, 0.717) is 22.4 Å². The Bertz CT molecular complexity index is 1280. The number of hydrogen-bond acceptors (Lipinski definition) is 4. The van der Waals surface area contributed by atoms with Gasteiger partial charge in [-0.15, -0.1) is 0 Å². The van der Waals surface area contributed by atoms with Crippen LogP contribution in [0.2, 0.25) is 0 Å². The first-order chi connectivity index (χ1) is 18.6. The van der Waals surface area contributed by atoms with Gasteiger partial charge in [-0.2, -0.15) is 50.1 Å². The van der Waals surface area contributed by atoms with Crippen molar-refractivity contribution in [2.24, 2.45) is 22.6 Å². The van der Waals surface area contributed by atoms with Crippen molar-refractivity contribution in [2.45, 2.75) is 51.1 Å². The number of aryl methyl sites for hydroxylation is 1. The number of benzene rings is 2. The number of primary amides is 1. The number of rotatable bonds is 9. The number of aliphatic imine (C=N–C) groups is 1. The second-order valence-electron chi connectivity index (χ2n) is 9.49. The molecule has 0 saturated heterocycles. The summed E-state index contributed by atoms with van der Waals surface area (Å²) in [6, 6.07) is 14.8. The van der Waals surface area contributed by atoms with E-state index in [0.717, 1.165) is 0 Å². The number of carbonyl (C=O) groups excluding carboxylic acids is 3. The van der Waals surface area contributed by atoms with Crippen molar-refractivity contribution in [3.05, 3.63) is 65.2 Å². The Labute approximate surface area is 257 Å². The number of likely N-dealkylation sites (N-methyl/N-ethyl adjacent to an activating group) is 1. The third kappa shape index (κ3) is 9.36. The second kappa shape index (κ2) is 13.9. The molecule has 7 nitrogen and oxygen atoms in total. The molecule has 1 aliphatic heterocycles. The van der Waals surface area contributed by atoms with Gasteiger partial charge >= 0.3 is 12.4 Å². The Morgan fingerprint density at radius 1 is 1.05 bits per heavy atom. The quantitative estimate of drug-likeness (QED) is 0.308. The van der Waals surface area contributed by atoms with Crippen molar-refractivity contribution < 1.29 is 73.4 Å². The predicted molar refractivity (Wildman–Crippen MR) is 134 cm³/mol. The standard InChI is InChI=1S/C27H27F6N4O3.Y/c1-15-8-9-20-19(14-15)21(16-6-4-3-5-7-16)35-23(25(40)37(20)2)36-24(39)18(11-13-27(31,32)33)17(22(34)38)10-12-26(28,29)30;/h3-7,9,14,17-18,23H,10-13H2,1-2H3,(H2,34,38)(H,36,39);/q-1;/t17-,18+,23+;/m0./s1. The summed E-state index contributed by atoms with van der Waals surface area (Å²) in [7, 11) is 1.41. The molecule has 0 spiro atoms. The van der Waals surface area contributed by atoms with Crippen molar-refractivity contribution in [1.82, 2.24) is 5.32 Å². The molecule has 219 valence electrons. The number of nitrogens with one attached hydrogen (secondary N) is 1. The molecule has 0 unspecified atom stereocenters. The Kier molecular flexibility index (Phi) is 11.7. The van der Waals surface area contributed by atoms with Gasteiger partial charge in [0.1, 0.15) is 0 Å². The maximum Gasteiger partial charge on any atom is 0.389 e. The molecule has 1 radical (unpaired) electrons. The van der Waals surface area contributed by atoms with Crippen LogP contribution in [-0.2, 0) is 47.1 Å². The Morgan fingerprint density at radius 3 is 2.15 bits per heavy atom. The van der Waals surface area contributed by atoms with Gasteiger partial charge in [-0.25, -0.2) is 0 Å². The van der Waals surface area contributed by atoms with Crippen molar-refractivity contribution in [3.63, 3.8) is 0 Å². The number of fused-ring (bicyclic) bond motifs is 1. The van der Waals surface area contributed by atoms with E-state index in [2.05, 4.69) is 16.4 Å². The summed E-state index contributed by atoms with van der Waals surface area (Å²) in [5, 5.41) is 2.27. The van der Waals surface area contributed by atoms with Crippen LogP contribution in [0.3, 0.4) is 0 Å². The van der Waals surface area contributed by atoms with Crippen LogP contribution >= 0.6 is 0 Å². The SMILES string of the molecule is Cc1[c-]cc2c(c1)C(c1ccccc1)=N[C@H](NC(=O)[C@H](CCC(F)(F)F)[C@H](CCC(F)(F)F)C(N)=O)C(=O)N2C.[Y]. The molecule has 3 rings (SSSR count). The van der Waals surface area contributed by atoms with Gasteiger partial charge in [-0.1, -0.05) is 48.5 Å². The number of anilines is 1. The van der Waals surface area contributed by atoms with Crippen LogP contribution in [0.4, 0.5) is 32.0 Å². The molecule has 0 saturated carbocycles. The number of benzodiazepines with no additional fused rings is 1. The summed E-state index contributed by atoms with van der Waals surface area (Å²) in [5.74, 6) is -7.13. The number of amides is 3. The summed E-state index contributed by atoms with van der Waals surface area (Å²) in [6.07, 6.45) is -16.3. The molecule has 3 N–H and O–H groups in total. The van der Waals surface area contributed by atoms with Crippen molar-refractivity contribution in [2.75, 3.05) is 11.9 Å². The molecule has 14 heteroatoms.